The molecule has 0 aromatic rings. The molecule has 0 aliphatic carbocycles. The summed E-state index contributed by atoms with van der Waals surface area (Å²) < 4.78 is 36.0. The standard InChI is InChI=1S/C14H21Cl2O6P/c1-7-13(3,4)18-9-12(10-19-14(5,6)8-2)11-20-23(17,21-15)22-16/h1-2,12H,9-11H2,3-6H3. The molecule has 0 atom stereocenters. The summed E-state index contributed by atoms with van der Waals surface area (Å²) in [6, 6.07) is 0. The van der Waals surface area contributed by atoms with Crippen LogP contribution in [0.3, 0.4) is 0 Å². The van der Waals surface area contributed by atoms with E-state index in [-0.39, 0.29) is 25.7 Å². The van der Waals surface area contributed by atoms with E-state index in [1.54, 1.807) is 27.7 Å². The average Bonchev–Trinajstić information content (AvgIpc) is 2.53. The van der Waals surface area contributed by atoms with Gasteiger partial charge in [-0.15, -0.1) is 12.8 Å². The van der Waals surface area contributed by atoms with Crippen LogP contribution in [0.4, 0.5) is 0 Å². The monoisotopic (exact) mass is 386 g/mol. The summed E-state index contributed by atoms with van der Waals surface area (Å²) in [7, 11) is -4.04. The fourth-order valence-corrected chi connectivity index (χ4v) is 2.12. The number of rotatable bonds is 11. The van der Waals surface area contributed by atoms with Crippen molar-refractivity contribution in [2.75, 3.05) is 19.8 Å². The molecule has 0 fully saturated rings. The largest absolute Gasteiger partial charge is 0.507 e. The first-order chi connectivity index (χ1) is 10.5. The Kier molecular flexibility index (Phi) is 9.77. The Morgan fingerprint density at radius 1 is 0.957 bits per heavy atom. The van der Waals surface area contributed by atoms with E-state index in [0.29, 0.717) is 0 Å². The van der Waals surface area contributed by atoms with Crippen LogP contribution in [0.25, 0.3) is 0 Å². The summed E-state index contributed by atoms with van der Waals surface area (Å²) in [4.78, 5) is 0. The summed E-state index contributed by atoms with van der Waals surface area (Å²) in [6.45, 7) is 7.10. The van der Waals surface area contributed by atoms with Gasteiger partial charge in [-0.05, 0) is 27.7 Å². The minimum absolute atomic E-state index is 0.127. The first-order valence-electron chi connectivity index (χ1n) is 6.62. The lowest BCUT2D eigenvalue weighted by molar-refractivity contribution is -0.0547. The quantitative estimate of drug-likeness (QED) is 0.396. The smallest absolute Gasteiger partial charge is 0.362 e. The van der Waals surface area contributed by atoms with Gasteiger partial charge in [0.15, 0.2) is 0 Å². The van der Waals surface area contributed by atoms with Crippen molar-refractivity contribution in [2.24, 2.45) is 5.92 Å². The average molecular weight is 387 g/mol. The fourth-order valence-electron chi connectivity index (χ4n) is 1.13. The Bertz CT molecular complexity index is 456. The SMILES string of the molecule is C#CC(C)(C)OCC(COC(C)(C)C#C)COP(=O)(OCl)OCl. The summed E-state index contributed by atoms with van der Waals surface area (Å²) in [5.41, 5.74) is -1.56. The Balaban J connectivity index is 4.77. The van der Waals surface area contributed by atoms with Crippen LogP contribution in [0.5, 0.6) is 0 Å². The minimum Gasteiger partial charge on any atom is -0.362 e. The van der Waals surface area contributed by atoms with E-state index in [0.717, 1.165) is 0 Å². The van der Waals surface area contributed by atoms with Gasteiger partial charge in [0.25, 0.3) is 0 Å². The van der Waals surface area contributed by atoms with Crippen molar-refractivity contribution in [1.82, 2.24) is 0 Å². The van der Waals surface area contributed by atoms with Gasteiger partial charge in [0.05, 0.1) is 43.6 Å². The van der Waals surface area contributed by atoms with Crippen LogP contribution in [0.2, 0.25) is 0 Å². The zero-order valence-electron chi connectivity index (χ0n) is 13.5. The van der Waals surface area contributed by atoms with Crippen LogP contribution >= 0.6 is 31.6 Å². The number of terminal acetylenes is 2. The predicted molar refractivity (Wildman–Crippen MR) is 88.7 cm³/mol. The summed E-state index contributed by atoms with van der Waals surface area (Å²) >= 11 is 10.0. The maximum absolute atomic E-state index is 11.7. The zero-order chi connectivity index (χ0) is 18.1. The van der Waals surface area contributed by atoms with Gasteiger partial charge in [0.1, 0.15) is 11.2 Å². The second-order valence-electron chi connectivity index (χ2n) is 5.68. The molecule has 0 heterocycles. The highest BCUT2D eigenvalue weighted by Gasteiger charge is 2.30. The molecule has 0 saturated heterocycles. The van der Waals surface area contributed by atoms with Crippen molar-refractivity contribution in [3.05, 3.63) is 0 Å². The van der Waals surface area contributed by atoms with Crippen molar-refractivity contribution in [1.29, 1.82) is 0 Å². The molecule has 0 aromatic heterocycles. The number of halogens is 2. The summed E-state index contributed by atoms with van der Waals surface area (Å²) in [5, 5.41) is 0. The highest BCUT2D eigenvalue weighted by molar-refractivity contribution is 7.50. The molecule has 0 rings (SSSR count). The lowest BCUT2D eigenvalue weighted by atomic mass is 10.1. The molecule has 9 heteroatoms. The highest BCUT2D eigenvalue weighted by atomic mass is 35.5. The summed E-state index contributed by atoms with van der Waals surface area (Å²) in [5.74, 6) is 4.61. The number of ether oxygens (including phenoxy) is 2. The topological polar surface area (TPSA) is 63.2 Å². The maximum Gasteiger partial charge on any atom is 0.507 e. The van der Waals surface area contributed by atoms with Gasteiger partial charge in [0, 0.05) is 5.92 Å². The molecule has 0 radical (unpaired) electrons. The Hall–Kier alpha value is -0.270. The van der Waals surface area contributed by atoms with Crippen LogP contribution in [-0.2, 0) is 26.7 Å². The molecular formula is C14H21Cl2O6P. The van der Waals surface area contributed by atoms with Gasteiger partial charge in [-0.2, -0.15) is 8.15 Å². The van der Waals surface area contributed by atoms with Crippen LogP contribution in [-0.4, -0.2) is 31.0 Å². The van der Waals surface area contributed by atoms with Crippen molar-refractivity contribution < 1.29 is 26.7 Å². The fraction of sp³-hybridized carbons (Fsp3) is 0.714. The molecule has 6 nitrogen and oxygen atoms in total. The van der Waals surface area contributed by atoms with E-state index in [4.69, 9.17) is 50.6 Å². The molecule has 132 valence electrons. The molecule has 0 bridgehead atoms. The third-order valence-electron chi connectivity index (χ3n) is 2.69. The normalized spacial score (nSPS) is 12.9. The zero-order valence-corrected chi connectivity index (χ0v) is 15.9. The predicted octanol–water partition coefficient (Wildman–Crippen LogP) is 3.92. The van der Waals surface area contributed by atoms with Gasteiger partial charge >= 0.3 is 7.82 Å². The summed E-state index contributed by atoms with van der Waals surface area (Å²) in [6.07, 6.45) is 10.7. The molecule has 0 aliphatic heterocycles. The number of phosphoric acid groups is 1. The lowest BCUT2D eigenvalue weighted by Gasteiger charge is -2.26. The Morgan fingerprint density at radius 2 is 1.35 bits per heavy atom. The molecule has 0 aliphatic rings. The maximum atomic E-state index is 11.7. The van der Waals surface area contributed by atoms with Crippen molar-refractivity contribution in [3.8, 4) is 24.7 Å². The second-order valence-corrected chi connectivity index (χ2v) is 7.94. The van der Waals surface area contributed by atoms with E-state index < -0.39 is 19.0 Å². The Morgan fingerprint density at radius 3 is 1.65 bits per heavy atom. The number of hydrogen-bond donors (Lipinski definition) is 0. The molecule has 0 saturated carbocycles. The van der Waals surface area contributed by atoms with E-state index in [9.17, 15) is 4.57 Å². The van der Waals surface area contributed by atoms with Gasteiger partial charge in [-0.3, -0.25) is 4.52 Å². The van der Waals surface area contributed by atoms with Crippen molar-refractivity contribution in [2.45, 2.75) is 38.9 Å². The van der Waals surface area contributed by atoms with E-state index in [1.165, 1.54) is 0 Å². The van der Waals surface area contributed by atoms with Gasteiger partial charge < -0.3 is 9.47 Å². The van der Waals surface area contributed by atoms with E-state index in [2.05, 4.69) is 20.0 Å². The lowest BCUT2D eigenvalue weighted by Crippen LogP contribution is -2.32. The van der Waals surface area contributed by atoms with Crippen LogP contribution < -0.4 is 0 Å². The third kappa shape index (κ3) is 9.57. The van der Waals surface area contributed by atoms with Crippen LogP contribution in [0.1, 0.15) is 27.7 Å². The van der Waals surface area contributed by atoms with E-state index in [1.807, 2.05) is 0 Å². The van der Waals surface area contributed by atoms with Crippen molar-refractivity contribution in [3.63, 3.8) is 0 Å². The molecule has 0 spiro atoms. The second kappa shape index (κ2) is 9.89. The van der Waals surface area contributed by atoms with Crippen LogP contribution in [0, 0.1) is 30.6 Å². The van der Waals surface area contributed by atoms with E-state index >= 15 is 0 Å². The van der Waals surface area contributed by atoms with Gasteiger partial charge in [-0.25, -0.2) is 4.57 Å². The minimum atomic E-state index is -4.04. The van der Waals surface area contributed by atoms with Crippen LogP contribution in [0.15, 0.2) is 0 Å². The molecular weight excluding hydrogens is 366 g/mol. The highest BCUT2D eigenvalue weighted by Crippen LogP contribution is 2.52. The molecule has 0 amide bonds. The third-order valence-corrected chi connectivity index (χ3v) is 4.51. The molecule has 23 heavy (non-hydrogen) atoms. The Labute approximate surface area is 148 Å². The molecule has 0 aromatic carbocycles. The van der Waals surface area contributed by atoms with Crippen molar-refractivity contribution >= 4 is 31.6 Å². The first kappa shape index (κ1) is 22.7. The molecule has 0 N–H and O–H groups in total. The first-order valence-corrected chi connectivity index (χ1v) is 8.69. The van der Waals surface area contributed by atoms with Gasteiger partial charge in [-0.1, -0.05) is 11.8 Å². The molecule has 0 unspecified atom stereocenters. The van der Waals surface area contributed by atoms with Gasteiger partial charge in [0.2, 0.25) is 0 Å². The number of hydrogen-bond acceptors (Lipinski definition) is 6.